The molecule has 0 saturated carbocycles. The number of hydrogen-bond donors (Lipinski definition) is 2. The molecule has 1 amide bonds. The molecule has 0 aromatic heterocycles. The standard InChI is InChI=1S/C22H21FN2O3S/c1-13-8-14(6-7-19(13)23)15-2-3-17-10-18(5-4-16(17)9-15)22(26)25-21-12-29(27,28)11-20(21)24/h2-10,20-21H,11-12,24H2,1H3,(H,25,26)/t20-,21+/m1/s1. The van der Waals surface area contributed by atoms with Gasteiger partial charge in [-0.3, -0.25) is 4.79 Å². The Morgan fingerprint density at radius 2 is 1.66 bits per heavy atom. The summed E-state index contributed by atoms with van der Waals surface area (Å²) in [6.45, 7) is 1.73. The van der Waals surface area contributed by atoms with Gasteiger partial charge in [0.1, 0.15) is 5.82 Å². The highest BCUT2D eigenvalue weighted by Crippen LogP contribution is 2.26. The summed E-state index contributed by atoms with van der Waals surface area (Å²) >= 11 is 0. The summed E-state index contributed by atoms with van der Waals surface area (Å²) in [5.74, 6) is -0.822. The van der Waals surface area contributed by atoms with Gasteiger partial charge in [0.25, 0.3) is 5.91 Å². The van der Waals surface area contributed by atoms with E-state index >= 15 is 0 Å². The lowest BCUT2D eigenvalue weighted by atomic mass is 9.98. The number of sulfone groups is 1. The van der Waals surface area contributed by atoms with E-state index in [0.717, 1.165) is 21.9 Å². The Kier molecular flexibility index (Phi) is 4.88. The summed E-state index contributed by atoms with van der Waals surface area (Å²) in [6.07, 6.45) is 0. The van der Waals surface area contributed by atoms with Crippen LogP contribution in [0.15, 0.2) is 54.6 Å². The highest BCUT2D eigenvalue weighted by molar-refractivity contribution is 7.91. The number of amides is 1. The second-order valence-electron chi connectivity index (χ2n) is 7.56. The lowest BCUT2D eigenvalue weighted by Crippen LogP contribution is -2.46. The molecule has 3 aromatic rings. The van der Waals surface area contributed by atoms with Crippen LogP contribution >= 0.6 is 0 Å². The summed E-state index contributed by atoms with van der Waals surface area (Å²) in [5.41, 5.74) is 8.75. The predicted octanol–water partition coefficient (Wildman–Crippen LogP) is 2.81. The van der Waals surface area contributed by atoms with Gasteiger partial charge < -0.3 is 11.1 Å². The monoisotopic (exact) mass is 412 g/mol. The van der Waals surface area contributed by atoms with Crippen molar-refractivity contribution in [2.24, 2.45) is 5.73 Å². The Morgan fingerprint density at radius 3 is 2.34 bits per heavy atom. The average Bonchev–Trinajstić information content (AvgIpc) is 2.94. The first kappa shape index (κ1) is 19.5. The van der Waals surface area contributed by atoms with E-state index in [4.69, 9.17) is 5.73 Å². The maximum Gasteiger partial charge on any atom is 0.251 e. The van der Waals surface area contributed by atoms with E-state index in [2.05, 4.69) is 5.32 Å². The second-order valence-corrected chi connectivity index (χ2v) is 9.72. The summed E-state index contributed by atoms with van der Waals surface area (Å²) in [4.78, 5) is 12.6. The van der Waals surface area contributed by atoms with Crippen LogP contribution in [0.25, 0.3) is 21.9 Å². The van der Waals surface area contributed by atoms with Gasteiger partial charge >= 0.3 is 0 Å². The quantitative estimate of drug-likeness (QED) is 0.692. The van der Waals surface area contributed by atoms with E-state index < -0.39 is 21.9 Å². The molecule has 0 bridgehead atoms. The van der Waals surface area contributed by atoms with Gasteiger partial charge in [0.15, 0.2) is 9.84 Å². The van der Waals surface area contributed by atoms with Crippen LogP contribution in [0.3, 0.4) is 0 Å². The Balaban J connectivity index is 1.58. The van der Waals surface area contributed by atoms with Crippen molar-refractivity contribution in [2.75, 3.05) is 11.5 Å². The van der Waals surface area contributed by atoms with E-state index in [-0.39, 0.29) is 23.2 Å². The van der Waals surface area contributed by atoms with Crippen molar-refractivity contribution in [3.8, 4) is 11.1 Å². The van der Waals surface area contributed by atoms with Crippen LogP contribution in [-0.4, -0.2) is 37.9 Å². The maximum absolute atomic E-state index is 13.5. The molecule has 7 heteroatoms. The fourth-order valence-electron chi connectivity index (χ4n) is 3.67. The van der Waals surface area contributed by atoms with Crippen LogP contribution in [-0.2, 0) is 9.84 Å². The highest BCUT2D eigenvalue weighted by atomic mass is 32.2. The minimum atomic E-state index is -3.21. The van der Waals surface area contributed by atoms with Gasteiger partial charge in [-0.2, -0.15) is 0 Å². The number of benzene rings is 3. The first-order valence-electron chi connectivity index (χ1n) is 9.29. The first-order chi connectivity index (χ1) is 13.7. The Morgan fingerprint density at radius 1 is 1.00 bits per heavy atom. The van der Waals surface area contributed by atoms with Crippen molar-refractivity contribution in [3.63, 3.8) is 0 Å². The molecule has 0 aliphatic carbocycles. The molecule has 3 N–H and O–H groups in total. The molecule has 3 aromatic carbocycles. The molecule has 1 aliphatic rings. The van der Waals surface area contributed by atoms with Crippen molar-refractivity contribution >= 4 is 26.5 Å². The van der Waals surface area contributed by atoms with Crippen molar-refractivity contribution in [1.29, 1.82) is 0 Å². The fraction of sp³-hybridized carbons (Fsp3) is 0.227. The van der Waals surface area contributed by atoms with Crippen LogP contribution in [0.1, 0.15) is 15.9 Å². The molecule has 5 nitrogen and oxygen atoms in total. The van der Waals surface area contributed by atoms with Crippen molar-refractivity contribution in [2.45, 2.75) is 19.0 Å². The van der Waals surface area contributed by atoms with Crippen LogP contribution in [0.5, 0.6) is 0 Å². The molecular weight excluding hydrogens is 391 g/mol. The van der Waals surface area contributed by atoms with Gasteiger partial charge in [0, 0.05) is 11.6 Å². The minimum absolute atomic E-state index is 0.110. The SMILES string of the molecule is Cc1cc(-c2ccc3cc(C(=O)N[C@H]4CS(=O)(=O)C[C@H]4N)ccc3c2)ccc1F. The number of hydrogen-bond acceptors (Lipinski definition) is 4. The zero-order chi connectivity index (χ0) is 20.8. The number of carbonyl (C=O) groups excluding carboxylic acids is 1. The summed E-state index contributed by atoms with van der Waals surface area (Å²) < 4.78 is 36.9. The second kappa shape index (κ2) is 7.24. The molecule has 1 saturated heterocycles. The number of fused-ring (bicyclic) bond motifs is 1. The maximum atomic E-state index is 13.5. The number of nitrogens with one attached hydrogen (secondary N) is 1. The minimum Gasteiger partial charge on any atom is -0.347 e. The summed E-state index contributed by atoms with van der Waals surface area (Å²) in [7, 11) is -3.21. The first-order valence-corrected chi connectivity index (χ1v) is 11.1. The van der Waals surface area contributed by atoms with Crippen LogP contribution in [0, 0.1) is 12.7 Å². The zero-order valence-corrected chi connectivity index (χ0v) is 16.7. The molecule has 29 heavy (non-hydrogen) atoms. The average molecular weight is 412 g/mol. The van der Waals surface area contributed by atoms with Crippen LogP contribution in [0.4, 0.5) is 4.39 Å². The number of aryl methyl sites for hydroxylation is 1. The van der Waals surface area contributed by atoms with Crippen molar-refractivity contribution < 1.29 is 17.6 Å². The lowest BCUT2D eigenvalue weighted by molar-refractivity contribution is 0.0938. The van der Waals surface area contributed by atoms with Gasteiger partial charge in [-0.25, -0.2) is 12.8 Å². The molecular formula is C22H21FN2O3S. The molecule has 1 aliphatic heterocycles. The van der Waals surface area contributed by atoms with Crippen molar-refractivity contribution in [3.05, 3.63) is 71.5 Å². The molecule has 0 spiro atoms. The third-order valence-electron chi connectivity index (χ3n) is 5.31. The molecule has 1 fully saturated rings. The van der Waals surface area contributed by atoms with Gasteiger partial charge in [-0.15, -0.1) is 0 Å². The largest absolute Gasteiger partial charge is 0.347 e. The van der Waals surface area contributed by atoms with Gasteiger partial charge in [-0.1, -0.05) is 24.3 Å². The zero-order valence-electron chi connectivity index (χ0n) is 15.9. The van der Waals surface area contributed by atoms with Crippen LogP contribution in [0.2, 0.25) is 0 Å². The Bertz CT molecular complexity index is 1220. The van der Waals surface area contributed by atoms with Gasteiger partial charge in [0.05, 0.1) is 17.5 Å². The van der Waals surface area contributed by atoms with E-state index in [1.807, 2.05) is 24.3 Å². The fourth-order valence-corrected chi connectivity index (χ4v) is 5.50. The molecule has 1 heterocycles. The normalized spacial score (nSPS) is 20.7. The summed E-state index contributed by atoms with van der Waals surface area (Å²) in [5, 5.41) is 4.56. The van der Waals surface area contributed by atoms with E-state index in [0.29, 0.717) is 11.1 Å². The predicted molar refractivity (Wildman–Crippen MR) is 112 cm³/mol. The van der Waals surface area contributed by atoms with Crippen LogP contribution < -0.4 is 11.1 Å². The van der Waals surface area contributed by atoms with Gasteiger partial charge in [-0.05, 0) is 64.7 Å². The molecule has 0 unspecified atom stereocenters. The lowest BCUT2D eigenvalue weighted by Gasteiger charge is -2.16. The van der Waals surface area contributed by atoms with E-state index in [1.54, 1.807) is 31.2 Å². The van der Waals surface area contributed by atoms with E-state index in [1.165, 1.54) is 6.07 Å². The molecule has 150 valence electrons. The van der Waals surface area contributed by atoms with Gasteiger partial charge in [0.2, 0.25) is 0 Å². The third-order valence-corrected chi connectivity index (χ3v) is 7.07. The number of carbonyl (C=O) groups is 1. The number of nitrogens with two attached hydrogens (primary N) is 1. The number of rotatable bonds is 3. The third kappa shape index (κ3) is 4.02. The molecule has 4 rings (SSSR count). The smallest absolute Gasteiger partial charge is 0.251 e. The summed E-state index contributed by atoms with van der Waals surface area (Å²) in [6, 6.07) is 15.0. The Labute approximate surface area is 168 Å². The topological polar surface area (TPSA) is 89.3 Å². The van der Waals surface area contributed by atoms with Crippen molar-refractivity contribution in [1.82, 2.24) is 5.32 Å². The molecule has 0 radical (unpaired) electrons. The number of halogens is 1. The Hall–Kier alpha value is -2.77. The molecule has 2 atom stereocenters. The highest BCUT2D eigenvalue weighted by Gasteiger charge is 2.36. The van der Waals surface area contributed by atoms with E-state index in [9.17, 15) is 17.6 Å².